The van der Waals surface area contributed by atoms with E-state index in [-0.39, 0.29) is 17.7 Å². The quantitative estimate of drug-likeness (QED) is 0.663. The molecule has 1 aromatic carbocycles. The van der Waals surface area contributed by atoms with E-state index in [9.17, 15) is 13.6 Å². The van der Waals surface area contributed by atoms with Crippen molar-refractivity contribution >= 4 is 11.6 Å². The Bertz CT molecular complexity index is 352. The van der Waals surface area contributed by atoms with Crippen molar-refractivity contribution < 1.29 is 13.6 Å². The van der Waals surface area contributed by atoms with E-state index in [1.165, 1.54) is 0 Å². The van der Waals surface area contributed by atoms with Gasteiger partial charge in [-0.25, -0.2) is 8.78 Å². The van der Waals surface area contributed by atoms with Gasteiger partial charge in [0.05, 0.1) is 12.1 Å². The number of nitrogen functional groups attached to an aromatic ring is 1. The first-order chi connectivity index (χ1) is 6.00. The van der Waals surface area contributed by atoms with Crippen LogP contribution < -0.4 is 11.5 Å². The van der Waals surface area contributed by atoms with Crippen molar-refractivity contribution in [3.05, 3.63) is 29.3 Å². The number of rotatable bonds is 2. The number of primary amides is 1. The Morgan fingerprint density at radius 2 is 2.00 bits per heavy atom. The monoisotopic (exact) mass is 186 g/mol. The van der Waals surface area contributed by atoms with Crippen LogP contribution >= 0.6 is 0 Å². The van der Waals surface area contributed by atoms with Gasteiger partial charge in [-0.2, -0.15) is 0 Å². The van der Waals surface area contributed by atoms with Crippen LogP contribution in [0.3, 0.4) is 0 Å². The number of amides is 1. The molecule has 0 fully saturated rings. The first-order valence-corrected chi connectivity index (χ1v) is 3.52. The molecule has 0 saturated carbocycles. The average molecular weight is 186 g/mol. The van der Waals surface area contributed by atoms with Crippen LogP contribution in [-0.2, 0) is 11.2 Å². The Kier molecular flexibility index (Phi) is 2.46. The molecule has 0 saturated heterocycles. The third-order valence-electron chi connectivity index (χ3n) is 1.54. The predicted molar refractivity (Wildman–Crippen MR) is 43.7 cm³/mol. The van der Waals surface area contributed by atoms with Gasteiger partial charge in [-0.3, -0.25) is 4.79 Å². The van der Waals surface area contributed by atoms with Crippen LogP contribution in [0.25, 0.3) is 0 Å². The summed E-state index contributed by atoms with van der Waals surface area (Å²) in [5, 5.41) is 0. The van der Waals surface area contributed by atoms with Gasteiger partial charge in [-0.1, -0.05) is 0 Å². The van der Waals surface area contributed by atoms with Crippen LogP contribution in [0, 0.1) is 11.6 Å². The lowest BCUT2D eigenvalue weighted by atomic mass is 10.1. The molecule has 1 amide bonds. The lowest BCUT2D eigenvalue weighted by Gasteiger charge is -2.04. The van der Waals surface area contributed by atoms with Gasteiger partial charge in [-0.05, 0) is 11.6 Å². The summed E-state index contributed by atoms with van der Waals surface area (Å²) in [6.07, 6.45) is -0.263. The lowest BCUT2D eigenvalue weighted by Crippen LogP contribution is -2.15. The van der Waals surface area contributed by atoms with E-state index in [2.05, 4.69) is 0 Å². The molecule has 0 atom stereocenters. The molecule has 70 valence electrons. The van der Waals surface area contributed by atoms with Crippen molar-refractivity contribution in [1.29, 1.82) is 0 Å². The molecule has 0 heterocycles. The standard InChI is InChI=1S/C8H8F2N2O/c9-5-1-4(2-7(11)13)8(12)6(10)3-5/h1,3H,2,12H2,(H2,11,13). The molecule has 0 aliphatic rings. The second-order valence-electron chi connectivity index (χ2n) is 2.60. The van der Waals surface area contributed by atoms with Crippen LogP contribution in [0.1, 0.15) is 5.56 Å². The predicted octanol–water partition coefficient (Wildman–Crippen LogP) is 0.575. The topological polar surface area (TPSA) is 69.1 Å². The summed E-state index contributed by atoms with van der Waals surface area (Å²) in [5.41, 5.74) is 9.94. The van der Waals surface area contributed by atoms with Crippen LogP contribution in [0.15, 0.2) is 12.1 Å². The number of hydrogen-bond acceptors (Lipinski definition) is 2. The second-order valence-corrected chi connectivity index (χ2v) is 2.60. The minimum atomic E-state index is -0.878. The maximum Gasteiger partial charge on any atom is 0.221 e. The number of anilines is 1. The number of carbonyl (C=O) groups excluding carboxylic acids is 1. The molecular formula is C8H8F2N2O. The smallest absolute Gasteiger partial charge is 0.221 e. The van der Waals surface area contributed by atoms with E-state index in [0.29, 0.717) is 6.07 Å². The highest BCUT2D eigenvalue weighted by atomic mass is 19.1. The third-order valence-corrected chi connectivity index (χ3v) is 1.54. The Hall–Kier alpha value is -1.65. The largest absolute Gasteiger partial charge is 0.396 e. The fourth-order valence-electron chi connectivity index (χ4n) is 0.972. The van der Waals surface area contributed by atoms with Gasteiger partial charge in [0.15, 0.2) is 0 Å². The van der Waals surface area contributed by atoms with E-state index >= 15 is 0 Å². The Balaban J connectivity index is 3.12. The van der Waals surface area contributed by atoms with Crippen molar-refractivity contribution in [2.75, 3.05) is 5.73 Å². The van der Waals surface area contributed by atoms with Crippen molar-refractivity contribution in [3.63, 3.8) is 0 Å². The summed E-state index contributed by atoms with van der Waals surface area (Å²) in [7, 11) is 0. The number of nitrogens with two attached hydrogens (primary N) is 2. The van der Waals surface area contributed by atoms with Crippen LogP contribution in [0.2, 0.25) is 0 Å². The minimum absolute atomic E-state index is 0.0741. The molecule has 0 aliphatic heterocycles. The van der Waals surface area contributed by atoms with Crippen LogP contribution in [-0.4, -0.2) is 5.91 Å². The molecule has 1 rings (SSSR count). The highest BCUT2D eigenvalue weighted by Crippen LogP contribution is 2.18. The Morgan fingerprint density at radius 1 is 1.38 bits per heavy atom. The first-order valence-electron chi connectivity index (χ1n) is 3.52. The zero-order valence-corrected chi connectivity index (χ0v) is 6.68. The number of benzene rings is 1. The Labute approximate surface area is 73.3 Å². The maximum atomic E-state index is 12.8. The van der Waals surface area contributed by atoms with Crippen molar-refractivity contribution in [1.82, 2.24) is 0 Å². The molecule has 0 spiro atoms. The lowest BCUT2D eigenvalue weighted by molar-refractivity contribution is -0.117. The zero-order valence-electron chi connectivity index (χ0n) is 6.68. The highest BCUT2D eigenvalue weighted by Gasteiger charge is 2.09. The number of hydrogen-bond donors (Lipinski definition) is 2. The summed E-state index contributed by atoms with van der Waals surface area (Å²) in [4.78, 5) is 10.5. The molecule has 13 heavy (non-hydrogen) atoms. The van der Waals surface area contributed by atoms with Gasteiger partial charge in [0.25, 0.3) is 0 Å². The van der Waals surface area contributed by atoms with E-state index < -0.39 is 17.5 Å². The summed E-state index contributed by atoms with van der Waals surface area (Å²) in [6, 6.07) is 1.64. The van der Waals surface area contributed by atoms with E-state index in [4.69, 9.17) is 11.5 Å². The molecule has 3 nitrogen and oxygen atoms in total. The molecule has 0 radical (unpaired) electrons. The number of halogens is 2. The molecule has 1 aromatic rings. The Morgan fingerprint density at radius 3 is 2.54 bits per heavy atom. The summed E-state index contributed by atoms with van der Waals surface area (Å²) in [5.74, 6) is -2.34. The minimum Gasteiger partial charge on any atom is -0.396 e. The van der Waals surface area contributed by atoms with Gasteiger partial charge in [0.1, 0.15) is 11.6 Å². The molecule has 0 bridgehead atoms. The fourth-order valence-corrected chi connectivity index (χ4v) is 0.972. The number of carbonyl (C=O) groups is 1. The normalized spacial score (nSPS) is 10.0. The summed E-state index contributed by atoms with van der Waals surface area (Å²) >= 11 is 0. The zero-order chi connectivity index (χ0) is 10.0. The van der Waals surface area contributed by atoms with Gasteiger partial charge < -0.3 is 11.5 Å². The molecule has 5 heteroatoms. The van der Waals surface area contributed by atoms with E-state index in [1.54, 1.807) is 0 Å². The van der Waals surface area contributed by atoms with Crippen molar-refractivity contribution in [2.45, 2.75) is 6.42 Å². The second kappa shape index (κ2) is 3.38. The van der Waals surface area contributed by atoms with Crippen molar-refractivity contribution in [3.8, 4) is 0 Å². The summed E-state index contributed by atoms with van der Waals surface area (Å²) < 4.78 is 25.4. The fraction of sp³-hybridized carbons (Fsp3) is 0.125. The maximum absolute atomic E-state index is 12.8. The highest BCUT2D eigenvalue weighted by molar-refractivity contribution is 5.78. The van der Waals surface area contributed by atoms with E-state index in [0.717, 1.165) is 6.07 Å². The van der Waals surface area contributed by atoms with Gasteiger partial charge >= 0.3 is 0 Å². The van der Waals surface area contributed by atoms with E-state index in [1.807, 2.05) is 0 Å². The molecule has 4 N–H and O–H groups in total. The summed E-state index contributed by atoms with van der Waals surface area (Å²) in [6.45, 7) is 0. The van der Waals surface area contributed by atoms with Gasteiger partial charge in [0, 0.05) is 6.07 Å². The first kappa shape index (κ1) is 9.44. The third kappa shape index (κ3) is 2.14. The molecule has 0 aromatic heterocycles. The van der Waals surface area contributed by atoms with Crippen LogP contribution in [0.5, 0.6) is 0 Å². The van der Waals surface area contributed by atoms with Crippen molar-refractivity contribution in [2.24, 2.45) is 5.73 Å². The molecular weight excluding hydrogens is 178 g/mol. The molecule has 0 unspecified atom stereocenters. The van der Waals surface area contributed by atoms with Gasteiger partial charge in [0.2, 0.25) is 5.91 Å². The average Bonchev–Trinajstić information content (AvgIpc) is 1.98. The van der Waals surface area contributed by atoms with Gasteiger partial charge in [-0.15, -0.1) is 0 Å². The molecule has 0 aliphatic carbocycles. The SMILES string of the molecule is NC(=O)Cc1cc(F)cc(F)c1N. The van der Waals surface area contributed by atoms with Crippen LogP contribution in [0.4, 0.5) is 14.5 Å².